The topological polar surface area (TPSA) is 20.2 Å². The Morgan fingerprint density at radius 2 is 1.86 bits per heavy atom. The quantitative estimate of drug-likeness (QED) is 0.731. The number of halogens is 1. The van der Waals surface area contributed by atoms with Crippen LogP contribution in [0.25, 0.3) is 0 Å². The molecule has 1 unspecified atom stereocenters. The van der Waals surface area contributed by atoms with E-state index in [1.165, 1.54) is 6.07 Å². The molecular weight excluding hydrogens is 179 g/mol. The van der Waals surface area contributed by atoms with Gasteiger partial charge in [-0.15, -0.1) is 0 Å². The molecule has 0 heterocycles. The first kappa shape index (κ1) is 11.2. The van der Waals surface area contributed by atoms with Gasteiger partial charge in [-0.2, -0.15) is 0 Å². The fourth-order valence-electron chi connectivity index (χ4n) is 1.34. The summed E-state index contributed by atoms with van der Waals surface area (Å²) in [5, 5.41) is 9.92. The largest absolute Gasteiger partial charge is 0.388 e. The number of hydrogen-bond acceptors (Lipinski definition) is 1. The number of rotatable bonds is 1. The monoisotopic (exact) mass is 196 g/mol. The van der Waals surface area contributed by atoms with Gasteiger partial charge in [0.25, 0.3) is 0 Å². The van der Waals surface area contributed by atoms with Crippen LogP contribution in [-0.2, 0) is 0 Å². The van der Waals surface area contributed by atoms with Crippen LogP contribution in [0.2, 0.25) is 0 Å². The molecule has 1 N–H and O–H groups in total. The Kier molecular flexibility index (Phi) is 2.95. The third kappa shape index (κ3) is 2.32. The van der Waals surface area contributed by atoms with E-state index in [1.54, 1.807) is 12.1 Å². The van der Waals surface area contributed by atoms with Crippen molar-refractivity contribution in [1.82, 2.24) is 0 Å². The van der Waals surface area contributed by atoms with Crippen LogP contribution in [0.5, 0.6) is 0 Å². The molecule has 2 heteroatoms. The van der Waals surface area contributed by atoms with Crippen LogP contribution in [0.15, 0.2) is 18.2 Å². The van der Waals surface area contributed by atoms with Crippen molar-refractivity contribution >= 4 is 0 Å². The summed E-state index contributed by atoms with van der Waals surface area (Å²) in [6.07, 6.45) is -0.762. The standard InChI is InChI=1S/C12H17FO/c1-8-5-6-10(13)9(7-8)11(14)12(2,3)4/h5-7,11,14H,1-4H3. The summed E-state index contributed by atoms with van der Waals surface area (Å²) in [6.45, 7) is 7.55. The molecule has 0 aliphatic rings. The van der Waals surface area contributed by atoms with Crippen molar-refractivity contribution in [2.24, 2.45) is 5.41 Å². The fourth-order valence-corrected chi connectivity index (χ4v) is 1.34. The molecule has 1 nitrogen and oxygen atoms in total. The molecule has 0 amide bonds. The zero-order valence-electron chi connectivity index (χ0n) is 9.13. The normalized spacial score (nSPS) is 14.1. The average molecular weight is 196 g/mol. The molecule has 0 radical (unpaired) electrons. The highest BCUT2D eigenvalue weighted by molar-refractivity contribution is 5.26. The number of hydrogen-bond donors (Lipinski definition) is 1. The molecule has 1 aromatic carbocycles. The molecule has 78 valence electrons. The van der Waals surface area contributed by atoms with Gasteiger partial charge in [0, 0.05) is 5.56 Å². The van der Waals surface area contributed by atoms with Gasteiger partial charge in [0.2, 0.25) is 0 Å². The Hall–Kier alpha value is -0.890. The van der Waals surface area contributed by atoms with Gasteiger partial charge in [-0.05, 0) is 18.4 Å². The predicted molar refractivity (Wildman–Crippen MR) is 55.6 cm³/mol. The molecule has 1 atom stereocenters. The molecule has 14 heavy (non-hydrogen) atoms. The Bertz CT molecular complexity index is 326. The molecule has 0 spiro atoms. The molecule has 1 aromatic rings. The van der Waals surface area contributed by atoms with E-state index in [4.69, 9.17) is 0 Å². The zero-order chi connectivity index (χ0) is 10.9. The van der Waals surface area contributed by atoms with Crippen molar-refractivity contribution < 1.29 is 9.50 Å². The summed E-state index contributed by atoms with van der Waals surface area (Å²) in [5.41, 5.74) is 1.01. The molecule has 0 aromatic heterocycles. The van der Waals surface area contributed by atoms with Crippen LogP contribution >= 0.6 is 0 Å². The third-order valence-electron chi connectivity index (χ3n) is 2.27. The highest BCUT2D eigenvalue weighted by Gasteiger charge is 2.26. The van der Waals surface area contributed by atoms with E-state index in [1.807, 2.05) is 27.7 Å². The number of benzene rings is 1. The summed E-state index contributed by atoms with van der Waals surface area (Å²) < 4.78 is 13.4. The average Bonchev–Trinajstić information content (AvgIpc) is 2.06. The summed E-state index contributed by atoms with van der Waals surface area (Å²) in [6, 6.07) is 4.80. The van der Waals surface area contributed by atoms with Crippen molar-refractivity contribution in [1.29, 1.82) is 0 Å². The lowest BCUT2D eigenvalue weighted by Crippen LogP contribution is -2.19. The maximum absolute atomic E-state index is 13.4. The zero-order valence-corrected chi connectivity index (χ0v) is 9.13. The van der Waals surface area contributed by atoms with E-state index < -0.39 is 6.10 Å². The van der Waals surface area contributed by atoms with Crippen molar-refractivity contribution in [2.45, 2.75) is 33.8 Å². The van der Waals surface area contributed by atoms with Crippen molar-refractivity contribution in [3.05, 3.63) is 35.1 Å². The first-order chi connectivity index (χ1) is 6.32. The van der Waals surface area contributed by atoms with Crippen molar-refractivity contribution in [3.63, 3.8) is 0 Å². The van der Waals surface area contributed by atoms with Gasteiger partial charge < -0.3 is 5.11 Å². The number of aliphatic hydroxyl groups is 1. The maximum atomic E-state index is 13.4. The number of aryl methyl sites for hydroxylation is 1. The van der Waals surface area contributed by atoms with Gasteiger partial charge in [-0.1, -0.05) is 38.5 Å². The van der Waals surface area contributed by atoms with E-state index in [9.17, 15) is 9.50 Å². The molecule has 1 rings (SSSR count). The Morgan fingerprint density at radius 3 is 2.36 bits per heavy atom. The minimum absolute atomic E-state index is 0.335. The van der Waals surface area contributed by atoms with Crippen LogP contribution in [0, 0.1) is 18.2 Å². The Labute approximate surface area is 84.6 Å². The van der Waals surface area contributed by atoms with Crippen LogP contribution in [0.3, 0.4) is 0 Å². The van der Waals surface area contributed by atoms with Crippen LogP contribution in [0.1, 0.15) is 38.0 Å². The highest BCUT2D eigenvalue weighted by Crippen LogP contribution is 2.33. The SMILES string of the molecule is Cc1ccc(F)c(C(O)C(C)(C)C)c1. The highest BCUT2D eigenvalue weighted by atomic mass is 19.1. The van der Waals surface area contributed by atoms with Gasteiger partial charge in [0.1, 0.15) is 5.82 Å². The molecular formula is C12H17FO. The van der Waals surface area contributed by atoms with Crippen molar-refractivity contribution in [2.75, 3.05) is 0 Å². The van der Waals surface area contributed by atoms with Crippen LogP contribution < -0.4 is 0 Å². The van der Waals surface area contributed by atoms with E-state index in [-0.39, 0.29) is 11.2 Å². The lowest BCUT2D eigenvalue weighted by Gasteiger charge is -2.26. The van der Waals surface area contributed by atoms with Gasteiger partial charge in [0.15, 0.2) is 0 Å². The molecule has 0 saturated heterocycles. The molecule has 0 aliphatic carbocycles. The van der Waals surface area contributed by atoms with Crippen LogP contribution in [-0.4, -0.2) is 5.11 Å². The molecule has 0 aliphatic heterocycles. The maximum Gasteiger partial charge on any atom is 0.129 e. The second-order valence-electron chi connectivity index (χ2n) is 4.79. The molecule has 0 fully saturated rings. The van der Waals surface area contributed by atoms with Gasteiger partial charge in [-0.3, -0.25) is 0 Å². The second kappa shape index (κ2) is 3.70. The van der Waals surface area contributed by atoms with Crippen molar-refractivity contribution in [3.8, 4) is 0 Å². The Balaban J connectivity index is 3.12. The lowest BCUT2D eigenvalue weighted by atomic mass is 9.84. The predicted octanol–water partition coefficient (Wildman–Crippen LogP) is 3.21. The van der Waals surface area contributed by atoms with Gasteiger partial charge >= 0.3 is 0 Å². The summed E-state index contributed by atoms with van der Waals surface area (Å²) >= 11 is 0. The Morgan fingerprint density at radius 1 is 1.29 bits per heavy atom. The molecule has 0 bridgehead atoms. The minimum atomic E-state index is -0.762. The fraction of sp³-hybridized carbons (Fsp3) is 0.500. The van der Waals surface area contributed by atoms with E-state index in [2.05, 4.69) is 0 Å². The molecule has 0 saturated carbocycles. The van der Waals surface area contributed by atoms with Crippen LogP contribution in [0.4, 0.5) is 4.39 Å². The second-order valence-corrected chi connectivity index (χ2v) is 4.79. The minimum Gasteiger partial charge on any atom is -0.388 e. The number of aliphatic hydroxyl groups excluding tert-OH is 1. The van der Waals surface area contributed by atoms with Gasteiger partial charge in [0.05, 0.1) is 6.10 Å². The summed E-state index contributed by atoms with van der Waals surface area (Å²) in [4.78, 5) is 0. The van der Waals surface area contributed by atoms with E-state index in [0.717, 1.165) is 5.56 Å². The van der Waals surface area contributed by atoms with E-state index >= 15 is 0 Å². The van der Waals surface area contributed by atoms with Gasteiger partial charge in [-0.25, -0.2) is 4.39 Å². The third-order valence-corrected chi connectivity index (χ3v) is 2.27. The summed E-state index contributed by atoms with van der Waals surface area (Å²) in [7, 11) is 0. The smallest absolute Gasteiger partial charge is 0.129 e. The first-order valence-electron chi connectivity index (χ1n) is 4.76. The summed E-state index contributed by atoms with van der Waals surface area (Å²) in [5.74, 6) is -0.335. The first-order valence-corrected chi connectivity index (χ1v) is 4.76. The lowest BCUT2D eigenvalue weighted by molar-refractivity contribution is 0.0594. The van der Waals surface area contributed by atoms with E-state index in [0.29, 0.717) is 5.56 Å².